The van der Waals surface area contributed by atoms with Crippen LogP contribution >= 0.6 is 0 Å². The van der Waals surface area contributed by atoms with E-state index in [4.69, 9.17) is 0 Å². The van der Waals surface area contributed by atoms with E-state index >= 15 is 0 Å². The number of aromatic nitrogens is 4. The summed E-state index contributed by atoms with van der Waals surface area (Å²) in [6.45, 7) is 0.596. The minimum Gasteiger partial charge on any atom is -1.00 e. The quantitative estimate of drug-likeness (QED) is 0.445. The summed E-state index contributed by atoms with van der Waals surface area (Å²) in [6, 6.07) is 14.0. The molecule has 1 N–H and O–H groups in total. The van der Waals surface area contributed by atoms with Gasteiger partial charge in [-0.2, -0.15) is 0 Å². The average molecular weight is 367 g/mol. The van der Waals surface area contributed by atoms with Crippen LogP contribution in [-0.2, 0) is 13.7 Å². The summed E-state index contributed by atoms with van der Waals surface area (Å²) < 4.78 is 3.88. The predicted octanol–water partition coefficient (Wildman–Crippen LogP) is -1.67. The number of anilines is 1. The number of pyridine rings is 1. The van der Waals surface area contributed by atoms with E-state index in [1.807, 2.05) is 65.0 Å². The van der Waals surface area contributed by atoms with Crippen LogP contribution in [0.2, 0.25) is 0 Å². The van der Waals surface area contributed by atoms with Crippen molar-refractivity contribution in [3.63, 3.8) is 0 Å². The molecule has 0 atom stereocenters. The van der Waals surface area contributed by atoms with Gasteiger partial charge in [0, 0.05) is 6.07 Å². The molecule has 6 heteroatoms. The van der Waals surface area contributed by atoms with E-state index in [2.05, 4.69) is 15.6 Å². The van der Waals surface area contributed by atoms with E-state index in [1.54, 1.807) is 0 Å². The Hall–Kier alpha value is -1.70. The van der Waals surface area contributed by atoms with Gasteiger partial charge in [0.2, 0.25) is 0 Å². The SMILES string of the molecule is C[n+]1ccccc1NCn1nnc2ccccc21.[I-]. The first kappa shape index (κ1) is 13.7. The molecular weight excluding hydrogens is 353 g/mol. The van der Waals surface area contributed by atoms with Gasteiger partial charge >= 0.3 is 0 Å². The minimum atomic E-state index is 0. The zero-order chi connectivity index (χ0) is 12.4. The van der Waals surface area contributed by atoms with E-state index in [0.717, 1.165) is 16.9 Å². The molecule has 0 aliphatic rings. The van der Waals surface area contributed by atoms with Gasteiger partial charge in [-0.25, -0.2) is 9.25 Å². The first-order chi connectivity index (χ1) is 8.84. The Kier molecular flexibility index (Phi) is 4.31. The summed E-state index contributed by atoms with van der Waals surface area (Å²) in [5.41, 5.74) is 1.94. The van der Waals surface area contributed by atoms with Crippen LogP contribution in [0.3, 0.4) is 0 Å². The molecule has 1 aromatic carbocycles. The average Bonchev–Trinajstić information content (AvgIpc) is 2.81. The summed E-state index contributed by atoms with van der Waals surface area (Å²) in [4.78, 5) is 0. The third-order valence-electron chi connectivity index (χ3n) is 2.89. The highest BCUT2D eigenvalue weighted by atomic mass is 127. The van der Waals surface area contributed by atoms with Gasteiger partial charge in [-0.3, -0.25) is 5.32 Å². The Morgan fingerprint density at radius 1 is 1.16 bits per heavy atom. The van der Waals surface area contributed by atoms with Crippen molar-refractivity contribution in [3.8, 4) is 0 Å². The Morgan fingerprint density at radius 3 is 2.79 bits per heavy atom. The number of fused-ring (bicyclic) bond motifs is 1. The van der Waals surface area contributed by atoms with Crippen LogP contribution in [0, 0.1) is 0 Å². The molecule has 0 aliphatic heterocycles. The molecule has 0 saturated heterocycles. The van der Waals surface area contributed by atoms with Crippen LogP contribution in [-0.4, -0.2) is 15.0 Å². The van der Waals surface area contributed by atoms with Crippen molar-refractivity contribution < 1.29 is 28.5 Å². The van der Waals surface area contributed by atoms with Crippen molar-refractivity contribution in [1.29, 1.82) is 0 Å². The summed E-state index contributed by atoms with van der Waals surface area (Å²) in [5.74, 6) is 1.04. The van der Waals surface area contributed by atoms with Gasteiger partial charge < -0.3 is 24.0 Å². The summed E-state index contributed by atoms with van der Waals surface area (Å²) in [5, 5.41) is 11.6. The lowest BCUT2D eigenvalue weighted by molar-refractivity contribution is -0.657. The van der Waals surface area contributed by atoms with E-state index < -0.39 is 0 Å². The fourth-order valence-electron chi connectivity index (χ4n) is 1.90. The molecule has 19 heavy (non-hydrogen) atoms. The Balaban J connectivity index is 0.00000133. The Bertz CT molecular complexity index is 679. The summed E-state index contributed by atoms with van der Waals surface area (Å²) in [6.07, 6.45) is 2.00. The van der Waals surface area contributed by atoms with Crippen LogP contribution < -0.4 is 33.9 Å². The first-order valence-corrected chi connectivity index (χ1v) is 5.81. The second-order valence-electron chi connectivity index (χ2n) is 4.11. The van der Waals surface area contributed by atoms with Gasteiger partial charge in [0.25, 0.3) is 5.82 Å². The van der Waals surface area contributed by atoms with Gasteiger partial charge in [-0.15, -0.1) is 5.10 Å². The van der Waals surface area contributed by atoms with Gasteiger partial charge in [-0.05, 0) is 18.2 Å². The zero-order valence-electron chi connectivity index (χ0n) is 10.5. The van der Waals surface area contributed by atoms with Crippen molar-refractivity contribution in [3.05, 3.63) is 48.7 Å². The van der Waals surface area contributed by atoms with E-state index in [0.29, 0.717) is 6.67 Å². The van der Waals surface area contributed by atoms with Crippen LogP contribution in [0.1, 0.15) is 0 Å². The Morgan fingerprint density at radius 2 is 1.95 bits per heavy atom. The first-order valence-electron chi connectivity index (χ1n) is 5.81. The molecule has 0 radical (unpaired) electrons. The standard InChI is InChI=1S/C13H13N5.HI/c1-17-9-5-4-8-13(17)14-10-18-12-7-3-2-6-11(12)15-16-18;/h2-9H,10H2,1H3;1H. The number of nitrogens with one attached hydrogen (secondary N) is 1. The maximum atomic E-state index is 4.13. The maximum Gasteiger partial charge on any atom is 0.275 e. The maximum absolute atomic E-state index is 4.13. The van der Waals surface area contributed by atoms with Crippen LogP contribution in [0.25, 0.3) is 11.0 Å². The lowest BCUT2D eigenvalue weighted by Crippen LogP contribution is -3.00. The number of aryl methyl sites for hydroxylation is 1. The van der Waals surface area contributed by atoms with E-state index in [9.17, 15) is 0 Å². The van der Waals surface area contributed by atoms with Gasteiger partial charge in [-0.1, -0.05) is 23.4 Å². The van der Waals surface area contributed by atoms with Gasteiger partial charge in [0.1, 0.15) is 5.52 Å². The fraction of sp³-hybridized carbons (Fsp3) is 0.154. The highest BCUT2D eigenvalue weighted by Gasteiger charge is 2.07. The number of para-hydroxylation sites is 1. The fourth-order valence-corrected chi connectivity index (χ4v) is 1.90. The topological polar surface area (TPSA) is 46.6 Å². The predicted molar refractivity (Wildman–Crippen MR) is 68.8 cm³/mol. The number of hydrogen-bond donors (Lipinski definition) is 1. The van der Waals surface area contributed by atoms with E-state index in [-0.39, 0.29) is 24.0 Å². The van der Waals surface area contributed by atoms with Crippen molar-refractivity contribution >= 4 is 16.9 Å². The molecule has 3 rings (SSSR count). The number of benzene rings is 1. The lowest BCUT2D eigenvalue weighted by Gasteiger charge is -2.03. The molecule has 0 amide bonds. The molecular formula is C13H14IN5. The lowest BCUT2D eigenvalue weighted by atomic mass is 10.3. The molecule has 0 aliphatic carbocycles. The van der Waals surface area contributed by atoms with Gasteiger partial charge in [0.15, 0.2) is 6.67 Å². The molecule has 0 spiro atoms. The molecule has 0 unspecified atom stereocenters. The highest BCUT2D eigenvalue weighted by molar-refractivity contribution is 5.73. The van der Waals surface area contributed by atoms with Crippen molar-refractivity contribution in [2.75, 3.05) is 5.32 Å². The molecule has 5 nitrogen and oxygen atoms in total. The molecule has 0 saturated carbocycles. The Labute approximate surface area is 128 Å². The largest absolute Gasteiger partial charge is 1.00 e. The molecule has 3 aromatic rings. The number of nitrogens with zero attached hydrogens (tertiary/aromatic N) is 4. The molecule has 0 fully saturated rings. The third-order valence-corrected chi connectivity index (χ3v) is 2.89. The smallest absolute Gasteiger partial charge is 0.275 e. The molecule has 0 bridgehead atoms. The van der Waals surface area contributed by atoms with E-state index in [1.165, 1.54) is 0 Å². The van der Waals surface area contributed by atoms with Crippen molar-refractivity contribution in [2.45, 2.75) is 6.67 Å². The van der Waals surface area contributed by atoms with Crippen LogP contribution in [0.4, 0.5) is 5.82 Å². The van der Waals surface area contributed by atoms with Crippen molar-refractivity contribution in [2.24, 2.45) is 7.05 Å². The molecule has 98 valence electrons. The molecule has 2 aromatic heterocycles. The number of rotatable bonds is 3. The normalized spacial score (nSPS) is 10.2. The summed E-state index contributed by atoms with van der Waals surface area (Å²) >= 11 is 0. The van der Waals surface area contributed by atoms with Crippen LogP contribution in [0.15, 0.2) is 48.7 Å². The third kappa shape index (κ3) is 2.83. The minimum absolute atomic E-state index is 0. The second-order valence-corrected chi connectivity index (χ2v) is 4.11. The summed E-state index contributed by atoms with van der Waals surface area (Å²) in [7, 11) is 2.00. The van der Waals surface area contributed by atoms with Crippen molar-refractivity contribution in [1.82, 2.24) is 15.0 Å². The van der Waals surface area contributed by atoms with Crippen LogP contribution in [0.5, 0.6) is 0 Å². The highest BCUT2D eigenvalue weighted by Crippen LogP contribution is 2.09. The number of hydrogen-bond acceptors (Lipinski definition) is 3. The van der Waals surface area contributed by atoms with Gasteiger partial charge in [0.05, 0.1) is 18.8 Å². The second kappa shape index (κ2) is 5.96. The molecule has 2 heterocycles. The number of halogens is 1. The zero-order valence-corrected chi connectivity index (χ0v) is 12.7. The monoisotopic (exact) mass is 367 g/mol.